The minimum Gasteiger partial charge on any atom is -0.491 e. The number of aliphatic hydroxyl groups excluding tert-OH is 1. The van der Waals surface area contributed by atoms with Crippen molar-refractivity contribution in [3.05, 3.63) is 52.4 Å². The molecule has 0 aliphatic carbocycles. The predicted molar refractivity (Wildman–Crippen MR) is 113 cm³/mol. The van der Waals surface area contributed by atoms with E-state index >= 15 is 0 Å². The second kappa shape index (κ2) is 9.87. The van der Waals surface area contributed by atoms with Gasteiger partial charge in [-0.1, -0.05) is 12.1 Å². The summed E-state index contributed by atoms with van der Waals surface area (Å²) in [7, 11) is 5.51. The zero-order valence-corrected chi connectivity index (χ0v) is 17.5. The maximum Gasteiger partial charge on any atom is 0.268 e. The average Bonchev–Trinajstić information content (AvgIpc) is 2.70. The second-order valence-corrected chi connectivity index (χ2v) is 7.81. The summed E-state index contributed by atoms with van der Waals surface area (Å²) in [5, 5.41) is 14.0. The first-order valence-electron chi connectivity index (χ1n) is 9.96. The lowest BCUT2D eigenvalue weighted by Gasteiger charge is -2.35. The van der Waals surface area contributed by atoms with Crippen molar-refractivity contribution in [1.82, 2.24) is 19.6 Å². The molecule has 0 saturated carbocycles. The van der Waals surface area contributed by atoms with E-state index < -0.39 is 6.10 Å². The molecule has 8 nitrogen and oxygen atoms in total. The van der Waals surface area contributed by atoms with Crippen molar-refractivity contribution in [2.45, 2.75) is 12.6 Å². The van der Waals surface area contributed by atoms with Crippen LogP contribution in [0.4, 0.5) is 5.69 Å². The Morgan fingerprint density at radius 3 is 2.48 bits per heavy atom. The largest absolute Gasteiger partial charge is 0.491 e. The van der Waals surface area contributed by atoms with Crippen molar-refractivity contribution in [1.29, 1.82) is 0 Å². The highest BCUT2D eigenvalue weighted by Gasteiger charge is 2.18. The van der Waals surface area contributed by atoms with Crippen LogP contribution in [0.25, 0.3) is 0 Å². The molecule has 1 aliphatic heterocycles. The molecule has 2 aromatic rings. The highest BCUT2D eigenvalue weighted by molar-refractivity contribution is 5.43. The van der Waals surface area contributed by atoms with Gasteiger partial charge in [0, 0.05) is 52.4 Å². The number of hydrogen-bond donors (Lipinski definition) is 1. The maximum atomic E-state index is 11.8. The van der Waals surface area contributed by atoms with Crippen LogP contribution >= 0.6 is 0 Å². The van der Waals surface area contributed by atoms with Crippen LogP contribution in [0.1, 0.15) is 5.56 Å². The zero-order valence-electron chi connectivity index (χ0n) is 17.5. The topological polar surface area (TPSA) is 74.1 Å². The monoisotopic (exact) mass is 401 g/mol. The molecule has 1 fully saturated rings. The third kappa shape index (κ3) is 6.28. The van der Waals surface area contributed by atoms with Crippen LogP contribution in [0.3, 0.4) is 0 Å². The summed E-state index contributed by atoms with van der Waals surface area (Å²) >= 11 is 0. The van der Waals surface area contributed by atoms with Crippen LogP contribution in [0, 0.1) is 0 Å². The third-order valence-electron chi connectivity index (χ3n) is 5.04. The molecule has 29 heavy (non-hydrogen) atoms. The van der Waals surface area contributed by atoms with Crippen LogP contribution in [0.2, 0.25) is 0 Å². The predicted octanol–water partition coefficient (Wildman–Crippen LogP) is 0.404. The summed E-state index contributed by atoms with van der Waals surface area (Å²) in [4.78, 5) is 18.3. The summed E-state index contributed by atoms with van der Waals surface area (Å²) in [5.41, 5.74) is 2.04. The van der Waals surface area contributed by atoms with E-state index in [1.165, 1.54) is 10.2 Å². The maximum absolute atomic E-state index is 11.8. The molecule has 0 unspecified atom stereocenters. The van der Waals surface area contributed by atoms with Crippen molar-refractivity contribution in [3.8, 4) is 5.75 Å². The molecule has 0 bridgehead atoms. The highest BCUT2D eigenvalue weighted by atomic mass is 16.5. The first kappa shape index (κ1) is 21.3. The first-order valence-corrected chi connectivity index (χ1v) is 9.96. The Kier molecular flexibility index (Phi) is 7.24. The number of benzene rings is 1. The number of nitrogens with zero attached hydrogens (tertiary/aromatic N) is 5. The molecule has 1 aromatic carbocycles. The van der Waals surface area contributed by atoms with Gasteiger partial charge in [-0.25, -0.2) is 4.68 Å². The van der Waals surface area contributed by atoms with Gasteiger partial charge in [-0.05, 0) is 31.8 Å². The van der Waals surface area contributed by atoms with Gasteiger partial charge >= 0.3 is 0 Å². The van der Waals surface area contributed by atoms with Crippen molar-refractivity contribution in [2.75, 3.05) is 58.3 Å². The number of aromatic nitrogens is 2. The summed E-state index contributed by atoms with van der Waals surface area (Å²) in [6, 6.07) is 9.71. The van der Waals surface area contributed by atoms with E-state index in [1.54, 1.807) is 19.3 Å². The number of likely N-dealkylation sites (N-methyl/N-ethyl adjacent to an activating group) is 1. The van der Waals surface area contributed by atoms with Crippen molar-refractivity contribution in [2.24, 2.45) is 7.05 Å². The van der Waals surface area contributed by atoms with Gasteiger partial charge in [-0.3, -0.25) is 9.69 Å². The van der Waals surface area contributed by atoms with Gasteiger partial charge in [0.05, 0.1) is 11.9 Å². The summed E-state index contributed by atoms with van der Waals surface area (Å²) in [6.07, 6.45) is 1.26. The quantitative estimate of drug-likeness (QED) is 0.687. The minimum absolute atomic E-state index is 0.0820. The average molecular weight is 402 g/mol. The second-order valence-electron chi connectivity index (χ2n) is 7.81. The molecule has 1 aromatic heterocycles. The Balaban J connectivity index is 1.45. The van der Waals surface area contributed by atoms with E-state index in [-0.39, 0.29) is 12.2 Å². The van der Waals surface area contributed by atoms with Crippen LogP contribution in [-0.4, -0.2) is 84.2 Å². The Labute approximate surface area is 171 Å². The molecule has 0 radical (unpaired) electrons. The fourth-order valence-electron chi connectivity index (χ4n) is 3.41. The van der Waals surface area contributed by atoms with E-state index in [9.17, 15) is 9.90 Å². The fraction of sp³-hybridized carbons (Fsp3) is 0.524. The molecule has 1 atom stereocenters. The lowest BCUT2D eigenvalue weighted by Crippen LogP contribution is -2.46. The molecule has 0 spiro atoms. The Morgan fingerprint density at radius 1 is 1.17 bits per heavy atom. The summed E-state index contributed by atoms with van der Waals surface area (Å²) in [6.45, 7) is 5.37. The zero-order chi connectivity index (χ0) is 20.8. The fourth-order valence-corrected chi connectivity index (χ4v) is 3.41. The van der Waals surface area contributed by atoms with Crippen LogP contribution in [0.15, 0.2) is 41.3 Å². The van der Waals surface area contributed by atoms with Crippen molar-refractivity contribution >= 4 is 5.69 Å². The summed E-state index contributed by atoms with van der Waals surface area (Å²) in [5.74, 6) is 0.773. The van der Waals surface area contributed by atoms with E-state index in [1.807, 2.05) is 31.1 Å². The van der Waals surface area contributed by atoms with E-state index in [2.05, 4.69) is 27.0 Å². The Morgan fingerprint density at radius 2 is 1.86 bits per heavy atom. The normalized spacial score (nSPS) is 16.2. The van der Waals surface area contributed by atoms with Crippen molar-refractivity contribution < 1.29 is 9.84 Å². The SMILES string of the molecule is CN(C)C[C@@H](O)COc1ccc(CN2CCN(c3cnn(C)c(=O)c3)CC2)cc1. The number of anilines is 1. The molecule has 1 N–H and O–H groups in total. The van der Waals surface area contributed by atoms with Crippen LogP contribution in [-0.2, 0) is 13.6 Å². The molecule has 2 heterocycles. The van der Waals surface area contributed by atoms with Crippen LogP contribution in [0.5, 0.6) is 5.75 Å². The summed E-state index contributed by atoms with van der Waals surface area (Å²) < 4.78 is 7.01. The van der Waals surface area contributed by atoms with E-state index in [0.29, 0.717) is 6.54 Å². The highest BCUT2D eigenvalue weighted by Crippen LogP contribution is 2.17. The lowest BCUT2D eigenvalue weighted by atomic mass is 10.2. The molecular formula is C21H31N5O3. The molecule has 8 heteroatoms. The number of aliphatic hydroxyl groups is 1. The van der Waals surface area contributed by atoms with Gasteiger partial charge in [0.15, 0.2) is 0 Å². The van der Waals surface area contributed by atoms with Gasteiger partial charge in [0.25, 0.3) is 5.56 Å². The Hall–Kier alpha value is -2.42. The molecule has 1 aliphatic rings. The van der Waals surface area contributed by atoms with E-state index in [0.717, 1.165) is 44.2 Å². The van der Waals surface area contributed by atoms with Gasteiger partial charge in [-0.2, -0.15) is 5.10 Å². The number of hydrogen-bond acceptors (Lipinski definition) is 7. The number of ether oxygens (including phenoxy) is 1. The van der Waals surface area contributed by atoms with Crippen molar-refractivity contribution in [3.63, 3.8) is 0 Å². The van der Waals surface area contributed by atoms with Gasteiger partial charge in [0.1, 0.15) is 18.5 Å². The number of piperazine rings is 1. The number of aryl methyl sites for hydroxylation is 1. The minimum atomic E-state index is -0.499. The smallest absolute Gasteiger partial charge is 0.268 e. The molecule has 158 valence electrons. The number of rotatable bonds is 8. The lowest BCUT2D eigenvalue weighted by molar-refractivity contribution is 0.0831. The van der Waals surface area contributed by atoms with Crippen LogP contribution < -0.4 is 15.2 Å². The van der Waals surface area contributed by atoms with E-state index in [4.69, 9.17) is 4.74 Å². The molecule has 1 saturated heterocycles. The molecule has 3 rings (SSSR count). The third-order valence-corrected chi connectivity index (χ3v) is 5.04. The van der Waals surface area contributed by atoms with Gasteiger partial charge < -0.3 is 19.6 Å². The standard InChI is InChI=1S/C21H31N5O3/c1-23(2)15-19(27)16-29-20-6-4-17(5-7-20)14-25-8-10-26(11-9-25)18-12-21(28)24(3)22-13-18/h4-7,12-13,19,27H,8-11,14-16H2,1-3H3/t19-/m1/s1. The van der Waals surface area contributed by atoms with Gasteiger partial charge in [-0.15, -0.1) is 0 Å². The Bertz CT molecular complexity index is 829. The molecule has 0 amide bonds. The first-order chi connectivity index (χ1) is 13.9. The van der Waals surface area contributed by atoms with Gasteiger partial charge in [0.2, 0.25) is 0 Å². The molecular weight excluding hydrogens is 370 g/mol.